The SMILES string of the molecule is Cc1sc2c(c1C)c(=O)n(CCc1ccccc1)c(=O)n2CC(=O)Nc1ccccc1F. The number of hydrogen-bond acceptors (Lipinski definition) is 4. The summed E-state index contributed by atoms with van der Waals surface area (Å²) in [5, 5.41) is 2.95. The molecule has 2 aromatic carbocycles. The molecule has 8 heteroatoms. The van der Waals surface area contributed by atoms with Gasteiger partial charge in [0.1, 0.15) is 17.2 Å². The Hall–Kier alpha value is -3.52. The summed E-state index contributed by atoms with van der Waals surface area (Å²) >= 11 is 1.30. The number of hydrogen-bond donors (Lipinski definition) is 1. The van der Waals surface area contributed by atoms with Gasteiger partial charge in [-0.2, -0.15) is 0 Å². The molecule has 0 radical (unpaired) electrons. The number of rotatable bonds is 6. The molecule has 0 saturated heterocycles. The third-order valence-electron chi connectivity index (χ3n) is 5.45. The number of halogens is 1. The lowest BCUT2D eigenvalue weighted by Gasteiger charge is -2.13. The lowest BCUT2D eigenvalue weighted by Crippen LogP contribution is -2.41. The molecule has 0 fully saturated rings. The van der Waals surface area contributed by atoms with Gasteiger partial charge in [0.15, 0.2) is 0 Å². The van der Waals surface area contributed by atoms with Crippen molar-refractivity contribution in [2.75, 3.05) is 5.32 Å². The molecule has 1 N–H and O–H groups in total. The first kappa shape index (κ1) is 21.7. The van der Waals surface area contributed by atoms with Crippen molar-refractivity contribution < 1.29 is 9.18 Å². The summed E-state index contributed by atoms with van der Waals surface area (Å²) in [5.41, 5.74) is 0.933. The topological polar surface area (TPSA) is 73.1 Å². The minimum Gasteiger partial charge on any atom is -0.322 e. The van der Waals surface area contributed by atoms with E-state index in [2.05, 4.69) is 5.32 Å². The molecule has 0 aliphatic rings. The summed E-state index contributed by atoms with van der Waals surface area (Å²) in [6, 6.07) is 15.4. The third kappa shape index (κ3) is 4.13. The van der Waals surface area contributed by atoms with Gasteiger partial charge in [0.2, 0.25) is 5.91 Å². The van der Waals surface area contributed by atoms with Crippen LogP contribution >= 0.6 is 11.3 Å². The van der Waals surface area contributed by atoms with Gasteiger partial charge in [-0.25, -0.2) is 9.18 Å². The van der Waals surface area contributed by atoms with E-state index in [1.165, 1.54) is 38.7 Å². The second-order valence-electron chi connectivity index (χ2n) is 7.55. The van der Waals surface area contributed by atoms with Crippen molar-refractivity contribution >= 4 is 33.1 Å². The van der Waals surface area contributed by atoms with Crippen LogP contribution in [0.1, 0.15) is 16.0 Å². The molecule has 0 aliphatic heterocycles. The summed E-state index contributed by atoms with van der Waals surface area (Å²) in [4.78, 5) is 40.5. The molecule has 32 heavy (non-hydrogen) atoms. The predicted molar refractivity (Wildman–Crippen MR) is 125 cm³/mol. The normalized spacial score (nSPS) is 11.1. The Bertz CT molecular complexity index is 1420. The Balaban J connectivity index is 1.74. The zero-order valence-corrected chi connectivity index (χ0v) is 18.5. The smallest absolute Gasteiger partial charge is 0.322 e. The van der Waals surface area contributed by atoms with Gasteiger partial charge in [-0.1, -0.05) is 42.5 Å². The molecule has 0 bridgehead atoms. The maximum Gasteiger partial charge on any atom is 0.332 e. The maximum atomic E-state index is 13.9. The van der Waals surface area contributed by atoms with Gasteiger partial charge in [-0.05, 0) is 43.5 Å². The third-order valence-corrected chi connectivity index (χ3v) is 6.68. The number of nitrogens with zero attached hydrogens (tertiary/aromatic N) is 2. The Kier molecular flexibility index (Phi) is 6.05. The number of anilines is 1. The van der Waals surface area contributed by atoms with E-state index in [0.717, 1.165) is 16.0 Å². The number of aromatic nitrogens is 2. The molecule has 0 saturated carbocycles. The molecule has 4 rings (SSSR count). The maximum absolute atomic E-state index is 13.9. The van der Waals surface area contributed by atoms with Crippen LogP contribution in [-0.4, -0.2) is 15.0 Å². The van der Waals surface area contributed by atoms with Gasteiger partial charge in [-0.3, -0.25) is 18.7 Å². The van der Waals surface area contributed by atoms with Crippen molar-refractivity contribution in [2.45, 2.75) is 33.4 Å². The minimum absolute atomic E-state index is 0.0396. The van der Waals surface area contributed by atoms with E-state index in [-0.39, 0.29) is 24.3 Å². The van der Waals surface area contributed by atoms with Crippen molar-refractivity contribution in [1.82, 2.24) is 9.13 Å². The molecule has 4 aromatic rings. The van der Waals surface area contributed by atoms with E-state index < -0.39 is 17.4 Å². The number of fused-ring (bicyclic) bond motifs is 1. The first-order valence-corrected chi connectivity index (χ1v) is 11.0. The Morgan fingerprint density at radius 1 is 1.00 bits per heavy atom. The standard InChI is InChI=1S/C24H22FN3O3S/c1-15-16(2)32-23-21(15)22(30)27(13-12-17-8-4-3-5-9-17)24(31)28(23)14-20(29)26-19-11-7-6-10-18(19)25/h3-11H,12-14H2,1-2H3,(H,26,29). The van der Waals surface area contributed by atoms with Crippen molar-refractivity contribution in [3.05, 3.63) is 97.3 Å². The number of carbonyl (C=O) groups is 1. The van der Waals surface area contributed by atoms with Crippen molar-refractivity contribution in [3.63, 3.8) is 0 Å². The Labute approximate surface area is 187 Å². The fourth-order valence-corrected chi connectivity index (χ4v) is 4.76. The summed E-state index contributed by atoms with van der Waals surface area (Å²) < 4.78 is 16.4. The van der Waals surface area contributed by atoms with E-state index in [4.69, 9.17) is 0 Å². The average Bonchev–Trinajstić information content (AvgIpc) is 3.08. The van der Waals surface area contributed by atoms with Gasteiger partial charge < -0.3 is 5.32 Å². The summed E-state index contributed by atoms with van der Waals surface area (Å²) in [6.45, 7) is 3.59. The first-order valence-electron chi connectivity index (χ1n) is 10.2. The number of nitrogens with one attached hydrogen (secondary N) is 1. The number of amides is 1. The molecule has 2 heterocycles. The Morgan fingerprint density at radius 3 is 2.41 bits per heavy atom. The summed E-state index contributed by atoms with van der Waals surface area (Å²) in [5.74, 6) is -1.11. The second-order valence-corrected chi connectivity index (χ2v) is 8.76. The highest BCUT2D eigenvalue weighted by Crippen LogP contribution is 2.27. The first-order chi connectivity index (χ1) is 15.4. The highest BCUT2D eigenvalue weighted by molar-refractivity contribution is 7.18. The molecule has 164 valence electrons. The predicted octanol–water partition coefficient (Wildman–Crippen LogP) is 3.86. The van der Waals surface area contributed by atoms with Crippen molar-refractivity contribution in [2.24, 2.45) is 0 Å². The molecule has 6 nitrogen and oxygen atoms in total. The molecule has 0 aliphatic carbocycles. The van der Waals surface area contributed by atoms with Crippen LogP contribution in [0.4, 0.5) is 10.1 Å². The lowest BCUT2D eigenvalue weighted by atomic mass is 10.1. The van der Waals surface area contributed by atoms with Gasteiger partial charge in [-0.15, -0.1) is 11.3 Å². The van der Waals surface area contributed by atoms with Gasteiger partial charge in [0.05, 0.1) is 11.1 Å². The Morgan fingerprint density at radius 2 is 1.69 bits per heavy atom. The van der Waals surface area contributed by atoms with E-state index in [9.17, 15) is 18.8 Å². The molecular weight excluding hydrogens is 429 g/mol. The van der Waals surface area contributed by atoms with E-state index >= 15 is 0 Å². The van der Waals surface area contributed by atoms with Crippen LogP contribution < -0.4 is 16.6 Å². The fourth-order valence-electron chi connectivity index (χ4n) is 3.62. The molecule has 1 amide bonds. The van der Waals surface area contributed by atoms with Crippen LogP contribution in [0, 0.1) is 19.7 Å². The van der Waals surface area contributed by atoms with E-state index in [0.29, 0.717) is 16.6 Å². The molecule has 2 aromatic heterocycles. The van der Waals surface area contributed by atoms with E-state index in [1.54, 1.807) is 6.07 Å². The highest BCUT2D eigenvalue weighted by atomic mass is 32.1. The van der Waals surface area contributed by atoms with Crippen LogP contribution in [0.2, 0.25) is 0 Å². The van der Waals surface area contributed by atoms with Crippen LogP contribution in [0.3, 0.4) is 0 Å². The largest absolute Gasteiger partial charge is 0.332 e. The van der Waals surface area contributed by atoms with E-state index in [1.807, 2.05) is 44.2 Å². The quantitative estimate of drug-likeness (QED) is 0.484. The second kappa shape index (κ2) is 8.92. The molecular formula is C24H22FN3O3S. The number of aryl methyl sites for hydroxylation is 3. The number of para-hydroxylation sites is 1. The van der Waals surface area contributed by atoms with Crippen molar-refractivity contribution in [3.8, 4) is 0 Å². The van der Waals surface area contributed by atoms with Crippen LogP contribution in [-0.2, 0) is 24.3 Å². The molecule has 0 spiro atoms. The average molecular weight is 452 g/mol. The zero-order valence-electron chi connectivity index (χ0n) is 17.7. The number of benzene rings is 2. The number of carbonyl (C=O) groups excluding carboxylic acids is 1. The van der Waals surface area contributed by atoms with Crippen LogP contribution in [0.15, 0.2) is 64.2 Å². The lowest BCUT2D eigenvalue weighted by molar-refractivity contribution is -0.116. The van der Waals surface area contributed by atoms with Gasteiger partial charge in [0.25, 0.3) is 5.56 Å². The van der Waals surface area contributed by atoms with Crippen LogP contribution in [0.5, 0.6) is 0 Å². The minimum atomic E-state index is -0.561. The summed E-state index contributed by atoms with van der Waals surface area (Å²) in [6.07, 6.45) is 0.505. The highest BCUT2D eigenvalue weighted by Gasteiger charge is 2.20. The monoisotopic (exact) mass is 451 g/mol. The van der Waals surface area contributed by atoms with Crippen molar-refractivity contribution in [1.29, 1.82) is 0 Å². The van der Waals surface area contributed by atoms with Crippen LogP contribution in [0.25, 0.3) is 10.2 Å². The van der Waals surface area contributed by atoms with Gasteiger partial charge in [0, 0.05) is 11.4 Å². The number of thiophene rings is 1. The molecule has 0 unspecified atom stereocenters. The summed E-state index contributed by atoms with van der Waals surface area (Å²) in [7, 11) is 0. The zero-order chi connectivity index (χ0) is 22.8. The fraction of sp³-hybridized carbons (Fsp3) is 0.208. The molecule has 0 atom stereocenters. The van der Waals surface area contributed by atoms with Gasteiger partial charge >= 0.3 is 5.69 Å².